The van der Waals surface area contributed by atoms with Crippen LogP contribution in [0.1, 0.15) is 22.5 Å². The molecular weight excluding hydrogens is 314 g/mol. The fraction of sp³-hybridized carbons (Fsp3) is 0.500. The molecule has 0 N–H and O–H groups in total. The van der Waals surface area contributed by atoms with Gasteiger partial charge in [-0.15, -0.1) is 34.3 Å². The number of halogens is 1. The Bertz CT molecular complexity index is 558. The Morgan fingerprint density at radius 1 is 1.40 bits per heavy atom. The highest BCUT2D eigenvalue weighted by molar-refractivity contribution is 7.27. The molecule has 20 heavy (non-hydrogen) atoms. The lowest BCUT2D eigenvalue weighted by molar-refractivity contribution is 0.0155. The fourth-order valence-electron chi connectivity index (χ4n) is 2.46. The monoisotopic (exact) mass is 329 g/mol. The van der Waals surface area contributed by atoms with E-state index in [-0.39, 0.29) is 12.0 Å². The maximum Gasteiger partial charge on any atom is 0.263 e. The van der Waals surface area contributed by atoms with Gasteiger partial charge in [-0.3, -0.25) is 4.79 Å². The first-order valence-electron chi connectivity index (χ1n) is 6.72. The zero-order chi connectivity index (χ0) is 13.9. The van der Waals surface area contributed by atoms with Crippen molar-refractivity contribution >= 4 is 49.6 Å². The van der Waals surface area contributed by atoms with E-state index < -0.39 is 0 Å². The van der Waals surface area contributed by atoms with Gasteiger partial charge in [-0.05, 0) is 30.4 Å². The van der Waals surface area contributed by atoms with Gasteiger partial charge in [-0.1, -0.05) is 0 Å². The van der Waals surface area contributed by atoms with Gasteiger partial charge in [-0.2, -0.15) is 0 Å². The molecule has 2 aromatic rings. The number of thiophene rings is 2. The summed E-state index contributed by atoms with van der Waals surface area (Å²) < 4.78 is 8.05. The number of ether oxygens (including phenoxy) is 1. The molecule has 108 valence electrons. The summed E-state index contributed by atoms with van der Waals surface area (Å²) in [5, 5.41) is 2.06. The lowest BCUT2D eigenvalue weighted by atomic mass is 10.1. The smallest absolute Gasteiger partial charge is 0.263 e. The van der Waals surface area contributed by atoms with Gasteiger partial charge in [0, 0.05) is 28.4 Å². The number of fused-ring (bicyclic) bond motifs is 1. The third-order valence-electron chi connectivity index (χ3n) is 3.51. The minimum absolute atomic E-state index is 0.161. The van der Waals surface area contributed by atoms with Crippen molar-refractivity contribution in [2.45, 2.75) is 18.9 Å². The number of likely N-dealkylation sites (tertiary alicyclic amines) is 1. The Labute approximate surface area is 131 Å². The standard InChI is InChI=1S/C14H16ClNO2S2/c15-4-7-18-10-1-5-16(6-2-10)14(17)13-9-12-11(20-13)3-8-19-12/h3,8-10H,1-2,4-7H2. The molecule has 6 heteroatoms. The molecule has 0 unspecified atom stereocenters. The highest BCUT2D eigenvalue weighted by Crippen LogP contribution is 2.31. The Kier molecular flexibility index (Phi) is 4.61. The minimum Gasteiger partial charge on any atom is -0.377 e. The maximum atomic E-state index is 12.5. The number of hydrogen-bond acceptors (Lipinski definition) is 4. The van der Waals surface area contributed by atoms with Gasteiger partial charge in [-0.25, -0.2) is 0 Å². The average molecular weight is 330 g/mol. The second-order valence-corrected chi connectivity index (χ2v) is 7.22. The molecule has 1 amide bonds. The molecule has 0 saturated carbocycles. The summed E-state index contributed by atoms with van der Waals surface area (Å²) in [4.78, 5) is 15.3. The number of carbonyl (C=O) groups excluding carboxylic acids is 1. The maximum absolute atomic E-state index is 12.5. The number of carbonyl (C=O) groups is 1. The van der Waals surface area contributed by atoms with Crippen molar-refractivity contribution in [2.24, 2.45) is 0 Å². The van der Waals surface area contributed by atoms with Gasteiger partial charge >= 0.3 is 0 Å². The summed E-state index contributed by atoms with van der Waals surface area (Å²) in [7, 11) is 0. The Balaban J connectivity index is 1.60. The first kappa shape index (κ1) is 14.3. The van der Waals surface area contributed by atoms with E-state index in [4.69, 9.17) is 16.3 Å². The molecular formula is C14H16ClNO2S2. The fourth-order valence-corrected chi connectivity index (χ4v) is 4.63. The zero-order valence-electron chi connectivity index (χ0n) is 11.0. The van der Waals surface area contributed by atoms with Crippen LogP contribution in [0.25, 0.3) is 9.40 Å². The predicted octanol–water partition coefficient (Wildman–Crippen LogP) is 3.82. The zero-order valence-corrected chi connectivity index (χ0v) is 13.4. The lowest BCUT2D eigenvalue weighted by Crippen LogP contribution is -2.40. The predicted molar refractivity (Wildman–Crippen MR) is 85.3 cm³/mol. The van der Waals surface area contributed by atoms with Crippen LogP contribution < -0.4 is 0 Å². The first-order valence-corrected chi connectivity index (χ1v) is 8.95. The van der Waals surface area contributed by atoms with Crippen molar-refractivity contribution < 1.29 is 9.53 Å². The average Bonchev–Trinajstić information content (AvgIpc) is 3.06. The minimum atomic E-state index is 0.161. The van der Waals surface area contributed by atoms with Crippen molar-refractivity contribution in [2.75, 3.05) is 25.6 Å². The Morgan fingerprint density at radius 2 is 2.20 bits per heavy atom. The molecule has 0 radical (unpaired) electrons. The van der Waals surface area contributed by atoms with E-state index >= 15 is 0 Å². The lowest BCUT2D eigenvalue weighted by Gasteiger charge is -2.31. The van der Waals surface area contributed by atoms with E-state index in [0.717, 1.165) is 30.8 Å². The van der Waals surface area contributed by atoms with Gasteiger partial charge < -0.3 is 9.64 Å². The van der Waals surface area contributed by atoms with Crippen LogP contribution in [0.15, 0.2) is 17.5 Å². The normalized spacial score (nSPS) is 16.9. The van der Waals surface area contributed by atoms with Crippen LogP contribution in [-0.4, -0.2) is 42.5 Å². The van der Waals surface area contributed by atoms with E-state index in [1.54, 1.807) is 22.7 Å². The molecule has 2 aromatic heterocycles. The van der Waals surface area contributed by atoms with Crippen molar-refractivity contribution in [1.82, 2.24) is 4.90 Å². The van der Waals surface area contributed by atoms with Crippen LogP contribution >= 0.6 is 34.3 Å². The van der Waals surface area contributed by atoms with E-state index in [1.807, 2.05) is 11.0 Å². The van der Waals surface area contributed by atoms with E-state index in [2.05, 4.69) is 11.4 Å². The first-order chi connectivity index (χ1) is 9.78. The molecule has 1 fully saturated rings. The Morgan fingerprint density at radius 3 is 2.90 bits per heavy atom. The van der Waals surface area contributed by atoms with Crippen molar-refractivity contribution in [1.29, 1.82) is 0 Å². The van der Waals surface area contributed by atoms with Gasteiger partial charge in [0.15, 0.2) is 0 Å². The summed E-state index contributed by atoms with van der Waals surface area (Å²) in [6, 6.07) is 4.09. The van der Waals surface area contributed by atoms with Crippen molar-refractivity contribution in [3.05, 3.63) is 22.4 Å². The van der Waals surface area contributed by atoms with E-state index in [9.17, 15) is 4.79 Å². The molecule has 3 rings (SSSR count). The molecule has 1 aliphatic heterocycles. The van der Waals surface area contributed by atoms with Gasteiger partial charge in [0.1, 0.15) is 0 Å². The molecule has 3 nitrogen and oxygen atoms in total. The number of alkyl halides is 1. The topological polar surface area (TPSA) is 29.5 Å². The third kappa shape index (κ3) is 3.01. The van der Waals surface area contributed by atoms with Gasteiger partial charge in [0.05, 0.1) is 17.6 Å². The molecule has 1 aliphatic rings. The summed E-state index contributed by atoms with van der Waals surface area (Å²) >= 11 is 8.90. The number of piperidine rings is 1. The van der Waals surface area contributed by atoms with Crippen LogP contribution in [0.3, 0.4) is 0 Å². The Hall–Kier alpha value is -0.620. The number of nitrogens with zero attached hydrogens (tertiary/aromatic N) is 1. The molecule has 0 spiro atoms. The van der Waals surface area contributed by atoms with Gasteiger partial charge in [0.2, 0.25) is 0 Å². The number of amides is 1. The summed E-state index contributed by atoms with van der Waals surface area (Å²) in [5.74, 6) is 0.694. The van der Waals surface area contributed by atoms with Crippen LogP contribution in [0, 0.1) is 0 Å². The summed E-state index contributed by atoms with van der Waals surface area (Å²) in [5.41, 5.74) is 0. The van der Waals surface area contributed by atoms with Crippen LogP contribution in [0.5, 0.6) is 0 Å². The van der Waals surface area contributed by atoms with Crippen LogP contribution in [0.4, 0.5) is 0 Å². The van der Waals surface area contributed by atoms with Crippen molar-refractivity contribution in [3.8, 4) is 0 Å². The van der Waals surface area contributed by atoms with Gasteiger partial charge in [0.25, 0.3) is 5.91 Å². The molecule has 1 saturated heterocycles. The molecule has 0 aromatic carbocycles. The highest BCUT2D eigenvalue weighted by Gasteiger charge is 2.25. The molecule has 3 heterocycles. The largest absolute Gasteiger partial charge is 0.377 e. The molecule has 0 aliphatic carbocycles. The molecule has 0 bridgehead atoms. The van der Waals surface area contributed by atoms with Crippen LogP contribution in [-0.2, 0) is 4.74 Å². The number of rotatable bonds is 4. The molecule has 0 atom stereocenters. The van der Waals surface area contributed by atoms with Crippen molar-refractivity contribution in [3.63, 3.8) is 0 Å². The summed E-state index contributed by atoms with van der Waals surface area (Å²) in [6.45, 7) is 2.15. The quantitative estimate of drug-likeness (QED) is 0.798. The SMILES string of the molecule is O=C(c1cc2sccc2s1)N1CCC(OCCCl)CC1. The second kappa shape index (κ2) is 6.43. The number of hydrogen-bond donors (Lipinski definition) is 0. The third-order valence-corrected chi connectivity index (χ3v) is 5.75. The van der Waals surface area contributed by atoms with E-state index in [1.165, 1.54) is 9.40 Å². The van der Waals surface area contributed by atoms with E-state index in [0.29, 0.717) is 12.5 Å². The second-order valence-electron chi connectivity index (χ2n) is 4.81. The highest BCUT2D eigenvalue weighted by atomic mass is 35.5. The van der Waals surface area contributed by atoms with Crippen LogP contribution in [0.2, 0.25) is 0 Å². The summed E-state index contributed by atoms with van der Waals surface area (Å²) in [6.07, 6.45) is 2.06.